The molecule has 2 rings (SSSR count). The van der Waals surface area contributed by atoms with Crippen LogP contribution in [-0.2, 0) is 4.79 Å². The van der Waals surface area contributed by atoms with Gasteiger partial charge in [0.05, 0.1) is 0 Å². The quantitative estimate of drug-likeness (QED) is 0.909. The van der Waals surface area contributed by atoms with E-state index in [2.05, 4.69) is 26.1 Å². The molecule has 1 aliphatic carbocycles. The van der Waals surface area contributed by atoms with Gasteiger partial charge in [-0.05, 0) is 55.6 Å². The van der Waals surface area contributed by atoms with Gasteiger partial charge in [-0.3, -0.25) is 4.79 Å². The molecule has 3 heteroatoms. The molecule has 0 saturated heterocycles. The molecule has 0 radical (unpaired) electrons. The highest BCUT2D eigenvalue weighted by atomic mass is 16.5. The summed E-state index contributed by atoms with van der Waals surface area (Å²) in [5.41, 5.74) is 1.43. The molecule has 1 fully saturated rings. The Labute approximate surface area is 134 Å². The van der Waals surface area contributed by atoms with Crippen LogP contribution in [0.3, 0.4) is 0 Å². The first-order chi connectivity index (χ1) is 10.4. The predicted molar refractivity (Wildman–Crippen MR) is 90.0 cm³/mol. The molecule has 0 atom stereocenters. The molecule has 0 unspecified atom stereocenters. The lowest BCUT2D eigenvalue weighted by atomic mass is 9.71. The summed E-state index contributed by atoms with van der Waals surface area (Å²) in [4.78, 5) is 12.0. The zero-order chi connectivity index (χ0) is 16.2. The van der Waals surface area contributed by atoms with Crippen molar-refractivity contribution in [2.45, 2.75) is 59.4 Å². The number of hydrogen-bond acceptors (Lipinski definition) is 2. The first-order valence-corrected chi connectivity index (χ1v) is 8.34. The Bertz CT molecular complexity index is 496. The van der Waals surface area contributed by atoms with Crippen molar-refractivity contribution >= 4 is 5.91 Å². The standard InChI is InChI=1S/C19H29NO2/c1-14-7-5-6-8-17(14)22-13-18(21)20-16-11-9-15(10-12-16)19(2,3)4/h5-8,15-16H,9-13H2,1-4H3,(H,20,21). The smallest absolute Gasteiger partial charge is 0.258 e. The van der Waals surface area contributed by atoms with Crippen LogP contribution in [0.2, 0.25) is 0 Å². The van der Waals surface area contributed by atoms with Crippen molar-refractivity contribution < 1.29 is 9.53 Å². The molecular weight excluding hydrogens is 274 g/mol. The van der Waals surface area contributed by atoms with Gasteiger partial charge in [-0.2, -0.15) is 0 Å². The van der Waals surface area contributed by atoms with E-state index in [0.717, 1.165) is 30.1 Å². The maximum absolute atomic E-state index is 12.0. The molecule has 1 aromatic carbocycles. The zero-order valence-corrected chi connectivity index (χ0v) is 14.3. The Hall–Kier alpha value is -1.51. The van der Waals surface area contributed by atoms with Gasteiger partial charge in [-0.1, -0.05) is 39.0 Å². The maximum atomic E-state index is 12.0. The molecule has 1 saturated carbocycles. The van der Waals surface area contributed by atoms with Crippen molar-refractivity contribution in [1.29, 1.82) is 0 Å². The number of nitrogens with one attached hydrogen (secondary N) is 1. The Balaban J connectivity index is 1.74. The van der Waals surface area contributed by atoms with E-state index < -0.39 is 0 Å². The van der Waals surface area contributed by atoms with Gasteiger partial charge in [-0.25, -0.2) is 0 Å². The Morgan fingerprint density at radius 2 is 1.82 bits per heavy atom. The summed E-state index contributed by atoms with van der Waals surface area (Å²) in [6, 6.07) is 8.09. The van der Waals surface area contributed by atoms with Gasteiger partial charge in [0.15, 0.2) is 6.61 Å². The minimum Gasteiger partial charge on any atom is -0.484 e. The van der Waals surface area contributed by atoms with Crippen LogP contribution in [0.5, 0.6) is 5.75 Å². The predicted octanol–water partition coefficient (Wildman–Crippen LogP) is 4.09. The van der Waals surface area contributed by atoms with Crippen LogP contribution in [0.25, 0.3) is 0 Å². The average molecular weight is 303 g/mol. The number of carbonyl (C=O) groups is 1. The van der Waals surface area contributed by atoms with Crippen LogP contribution >= 0.6 is 0 Å². The molecule has 0 aliphatic heterocycles. The third-order valence-corrected chi connectivity index (χ3v) is 4.77. The Morgan fingerprint density at radius 3 is 2.41 bits per heavy atom. The number of carbonyl (C=O) groups excluding carboxylic acids is 1. The summed E-state index contributed by atoms with van der Waals surface area (Å²) in [5.74, 6) is 1.54. The van der Waals surface area contributed by atoms with Gasteiger partial charge in [-0.15, -0.1) is 0 Å². The molecular formula is C19H29NO2. The molecule has 1 amide bonds. The van der Waals surface area contributed by atoms with Crippen LogP contribution < -0.4 is 10.1 Å². The lowest BCUT2D eigenvalue weighted by molar-refractivity contribution is -0.124. The number of aryl methyl sites for hydroxylation is 1. The van der Waals surface area contributed by atoms with Crippen molar-refractivity contribution in [3.8, 4) is 5.75 Å². The number of amides is 1. The van der Waals surface area contributed by atoms with E-state index in [4.69, 9.17) is 4.74 Å². The Kier molecular flexibility index (Phi) is 5.49. The molecule has 0 aromatic heterocycles. The minimum atomic E-state index is -0.0116. The van der Waals surface area contributed by atoms with Crippen LogP contribution in [0.4, 0.5) is 0 Å². The topological polar surface area (TPSA) is 38.3 Å². The summed E-state index contributed by atoms with van der Waals surface area (Å²) in [6.07, 6.45) is 4.57. The third-order valence-electron chi connectivity index (χ3n) is 4.77. The highest BCUT2D eigenvalue weighted by molar-refractivity contribution is 5.77. The van der Waals surface area contributed by atoms with Crippen molar-refractivity contribution in [3.05, 3.63) is 29.8 Å². The molecule has 0 heterocycles. The van der Waals surface area contributed by atoms with E-state index in [0.29, 0.717) is 11.5 Å². The Morgan fingerprint density at radius 1 is 1.18 bits per heavy atom. The lowest BCUT2D eigenvalue weighted by Crippen LogP contribution is -2.41. The number of para-hydroxylation sites is 1. The summed E-state index contributed by atoms with van der Waals surface area (Å²) in [5, 5.41) is 3.12. The lowest BCUT2D eigenvalue weighted by Gasteiger charge is -2.37. The second-order valence-electron chi connectivity index (χ2n) is 7.54. The molecule has 1 aliphatic rings. The van der Waals surface area contributed by atoms with Gasteiger partial charge >= 0.3 is 0 Å². The SMILES string of the molecule is Cc1ccccc1OCC(=O)NC1CCC(C(C)(C)C)CC1. The monoisotopic (exact) mass is 303 g/mol. The summed E-state index contributed by atoms with van der Waals surface area (Å²) in [6.45, 7) is 9.02. The molecule has 22 heavy (non-hydrogen) atoms. The van der Waals surface area contributed by atoms with Crippen molar-refractivity contribution in [1.82, 2.24) is 5.32 Å². The maximum Gasteiger partial charge on any atom is 0.258 e. The van der Waals surface area contributed by atoms with E-state index in [9.17, 15) is 4.79 Å². The van der Waals surface area contributed by atoms with Crippen LogP contribution in [0.1, 0.15) is 52.0 Å². The van der Waals surface area contributed by atoms with Crippen molar-refractivity contribution in [2.24, 2.45) is 11.3 Å². The first kappa shape index (κ1) is 16.9. The number of benzene rings is 1. The highest BCUT2D eigenvalue weighted by Gasteiger charge is 2.30. The molecule has 1 N–H and O–H groups in total. The average Bonchev–Trinajstić information content (AvgIpc) is 2.46. The minimum absolute atomic E-state index is 0.0116. The highest BCUT2D eigenvalue weighted by Crippen LogP contribution is 2.37. The fourth-order valence-corrected chi connectivity index (χ4v) is 3.23. The normalized spacial score (nSPS) is 22.2. The van der Waals surface area contributed by atoms with Gasteiger partial charge in [0.1, 0.15) is 5.75 Å². The van der Waals surface area contributed by atoms with E-state index in [1.165, 1.54) is 12.8 Å². The van der Waals surface area contributed by atoms with Gasteiger partial charge in [0, 0.05) is 6.04 Å². The second-order valence-corrected chi connectivity index (χ2v) is 7.54. The fourth-order valence-electron chi connectivity index (χ4n) is 3.23. The van der Waals surface area contributed by atoms with Crippen molar-refractivity contribution in [2.75, 3.05) is 6.61 Å². The molecule has 122 valence electrons. The molecule has 0 spiro atoms. The molecule has 1 aromatic rings. The van der Waals surface area contributed by atoms with E-state index >= 15 is 0 Å². The third kappa shape index (κ3) is 4.75. The van der Waals surface area contributed by atoms with E-state index in [1.54, 1.807) is 0 Å². The largest absolute Gasteiger partial charge is 0.484 e. The number of hydrogen-bond donors (Lipinski definition) is 1. The van der Waals surface area contributed by atoms with Crippen LogP contribution in [0.15, 0.2) is 24.3 Å². The van der Waals surface area contributed by atoms with Gasteiger partial charge < -0.3 is 10.1 Å². The van der Waals surface area contributed by atoms with Gasteiger partial charge in [0.2, 0.25) is 0 Å². The molecule has 0 bridgehead atoms. The van der Waals surface area contributed by atoms with Crippen LogP contribution in [-0.4, -0.2) is 18.6 Å². The second kappa shape index (κ2) is 7.17. The van der Waals surface area contributed by atoms with Crippen LogP contribution in [0, 0.1) is 18.3 Å². The number of rotatable bonds is 4. The fraction of sp³-hybridized carbons (Fsp3) is 0.632. The summed E-state index contributed by atoms with van der Waals surface area (Å²) in [7, 11) is 0. The summed E-state index contributed by atoms with van der Waals surface area (Å²) >= 11 is 0. The first-order valence-electron chi connectivity index (χ1n) is 8.34. The zero-order valence-electron chi connectivity index (χ0n) is 14.3. The molecule has 3 nitrogen and oxygen atoms in total. The number of ether oxygens (including phenoxy) is 1. The van der Waals surface area contributed by atoms with Crippen molar-refractivity contribution in [3.63, 3.8) is 0 Å². The van der Waals surface area contributed by atoms with E-state index in [-0.39, 0.29) is 12.5 Å². The van der Waals surface area contributed by atoms with Gasteiger partial charge in [0.25, 0.3) is 5.91 Å². The van der Waals surface area contributed by atoms with E-state index in [1.807, 2.05) is 31.2 Å². The summed E-state index contributed by atoms with van der Waals surface area (Å²) < 4.78 is 5.60.